The standard InChI is InChI=1S/C14H18N2O2/c17-13(18)12-10(3-1-7-16-12)11-9-14(4-2-5-14)6-8-15-11/h1,3,7,11,15H,2,4-6,8-9H2,(H,17,18). The van der Waals surface area contributed by atoms with E-state index in [4.69, 9.17) is 0 Å². The summed E-state index contributed by atoms with van der Waals surface area (Å²) in [4.78, 5) is 15.2. The number of pyridine rings is 1. The third-order valence-corrected chi connectivity index (χ3v) is 4.51. The molecule has 1 aromatic heterocycles. The molecule has 2 fully saturated rings. The number of piperidine rings is 1. The van der Waals surface area contributed by atoms with E-state index in [1.165, 1.54) is 25.7 Å². The van der Waals surface area contributed by atoms with E-state index in [1.807, 2.05) is 12.1 Å². The molecule has 1 saturated heterocycles. The van der Waals surface area contributed by atoms with Gasteiger partial charge in [-0.3, -0.25) is 0 Å². The summed E-state index contributed by atoms with van der Waals surface area (Å²) in [5.41, 5.74) is 1.52. The number of carbonyl (C=O) groups is 1. The van der Waals surface area contributed by atoms with Gasteiger partial charge in [-0.25, -0.2) is 9.78 Å². The Morgan fingerprint density at radius 1 is 1.44 bits per heavy atom. The van der Waals surface area contributed by atoms with Crippen LogP contribution in [0.25, 0.3) is 0 Å². The zero-order valence-electron chi connectivity index (χ0n) is 10.4. The van der Waals surface area contributed by atoms with Gasteiger partial charge in [-0.15, -0.1) is 0 Å². The van der Waals surface area contributed by atoms with Crippen molar-refractivity contribution in [3.8, 4) is 0 Å². The normalized spacial score (nSPS) is 25.7. The molecule has 2 N–H and O–H groups in total. The third-order valence-electron chi connectivity index (χ3n) is 4.51. The molecule has 2 heterocycles. The molecule has 1 unspecified atom stereocenters. The van der Waals surface area contributed by atoms with Gasteiger partial charge in [0.15, 0.2) is 5.69 Å². The Hall–Kier alpha value is -1.42. The quantitative estimate of drug-likeness (QED) is 0.841. The van der Waals surface area contributed by atoms with Gasteiger partial charge in [0.05, 0.1) is 0 Å². The van der Waals surface area contributed by atoms with Gasteiger partial charge in [-0.05, 0) is 43.7 Å². The van der Waals surface area contributed by atoms with E-state index >= 15 is 0 Å². The SMILES string of the molecule is O=C(O)c1ncccc1C1CC2(CCC2)CCN1. The number of aromatic carboxylic acids is 1. The topological polar surface area (TPSA) is 62.2 Å². The van der Waals surface area contributed by atoms with Crippen molar-refractivity contribution >= 4 is 5.97 Å². The van der Waals surface area contributed by atoms with Crippen LogP contribution in [-0.4, -0.2) is 22.6 Å². The van der Waals surface area contributed by atoms with Crippen LogP contribution in [0.2, 0.25) is 0 Å². The Bertz CT molecular complexity index is 469. The number of rotatable bonds is 2. The molecule has 4 nitrogen and oxygen atoms in total. The molecule has 2 aliphatic rings. The zero-order chi connectivity index (χ0) is 12.6. The maximum absolute atomic E-state index is 11.2. The number of aromatic nitrogens is 1. The van der Waals surface area contributed by atoms with E-state index in [0.29, 0.717) is 5.41 Å². The second-order valence-corrected chi connectivity index (χ2v) is 5.56. The van der Waals surface area contributed by atoms with Gasteiger partial charge in [0.1, 0.15) is 0 Å². The second kappa shape index (κ2) is 4.35. The van der Waals surface area contributed by atoms with Crippen molar-refractivity contribution in [2.75, 3.05) is 6.54 Å². The Morgan fingerprint density at radius 2 is 2.28 bits per heavy atom. The highest BCUT2D eigenvalue weighted by Crippen LogP contribution is 2.51. The largest absolute Gasteiger partial charge is 0.477 e. The summed E-state index contributed by atoms with van der Waals surface area (Å²) < 4.78 is 0. The second-order valence-electron chi connectivity index (χ2n) is 5.56. The van der Waals surface area contributed by atoms with Crippen LogP contribution >= 0.6 is 0 Å². The Labute approximate surface area is 106 Å². The average molecular weight is 246 g/mol. The fourth-order valence-corrected chi connectivity index (χ4v) is 3.35. The van der Waals surface area contributed by atoms with Crippen molar-refractivity contribution in [3.63, 3.8) is 0 Å². The summed E-state index contributed by atoms with van der Waals surface area (Å²) in [6, 6.07) is 3.87. The van der Waals surface area contributed by atoms with E-state index in [2.05, 4.69) is 10.3 Å². The molecule has 1 atom stereocenters. The molecular weight excluding hydrogens is 228 g/mol. The van der Waals surface area contributed by atoms with Crippen LogP contribution < -0.4 is 5.32 Å². The summed E-state index contributed by atoms with van der Waals surface area (Å²) >= 11 is 0. The van der Waals surface area contributed by atoms with Crippen LogP contribution in [0.4, 0.5) is 0 Å². The highest BCUT2D eigenvalue weighted by atomic mass is 16.4. The molecule has 0 amide bonds. The molecule has 96 valence electrons. The summed E-state index contributed by atoms with van der Waals surface area (Å²) in [6.07, 6.45) is 7.76. The van der Waals surface area contributed by atoms with Crippen LogP contribution in [-0.2, 0) is 0 Å². The van der Waals surface area contributed by atoms with Crippen molar-refractivity contribution in [1.29, 1.82) is 0 Å². The lowest BCUT2D eigenvalue weighted by molar-refractivity contribution is 0.0605. The van der Waals surface area contributed by atoms with E-state index in [0.717, 1.165) is 18.5 Å². The third kappa shape index (κ3) is 1.90. The average Bonchev–Trinajstić information content (AvgIpc) is 2.37. The van der Waals surface area contributed by atoms with Crippen molar-refractivity contribution in [2.45, 2.75) is 38.1 Å². The first-order chi connectivity index (χ1) is 8.70. The summed E-state index contributed by atoms with van der Waals surface area (Å²) in [6.45, 7) is 0.985. The van der Waals surface area contributed by atoms with Gasteiger partial charge in [-0.1, -0.05) is 12.5 Å². The fourth-order valence-electron chi connectivity index (χ4n) is 3.35. The minimum Gasteiger partial charge on any atom is -0.477 e. The lowest BCUT2D eigenvalue weighted by Crippen LogP contribution is -2.43. The molecule has 18 heavy (non-hydrogen) atoms. The number of carboxylic acids is 1. The number of hydrogen-bond donors (Lipinski definition) is 2. The van der Waals surface area contributed by atoms with E-state index in [1.54, 1.807) is 6.20 Å². The number of nitrogens with one attached hydrogen (secondary N) is 1. The molecule has 1 saturated carbocycles. The lowest BCUT2D eigenvalue weighted by atomic mass is 9.61. The number of nitrogens with zero attached hydrogens (tertiary/aromatic N) is 1. The van der Waals surface area contributed by atoms with Gasteiger partial charge >= 0.3 is 5.97 Å². The minimum atomic E-state index is -0.930. The molecule has 0 bridgehead atoms. The summed E-state index contributed by atoms with van der Waals surface area (Å²) in [5, 5.41) is 12.7. The molecule has 1 spiro atoms. The van der Waals surface area contributed by atoms with Crippen LogP contribution in [0.5, 0.6) is 0 Å². The van der Waals surface area contributed by atoms with Crippen LogP contribution in [0, 0.1) is 5.41 Å². The summed E-state index contributed by atoms with van der Waals surface area (Å²) in [7, 11) is 0. The van der Waals surface area contributed by atoms with Crippen LogP contribution in [0.1, 0.15) is 54.2 Å². The van der Waals surface area contributed by atoms with Gasteiger partial charge in [0.25, 0.3) is 0 Å². The van der Waals surface area contributed by atoms with Gasteiger partial charge in [0, 0.05) is 17.8 Å². The maximum Gasteiger partial charge on any atom is 0.354 e. The predicted octanol–water partition coefficient (Wildman–Crippen LogP) is 2.37. The minimum absolute atomic E-state index is 0.152. The molecule has 1 aliphatic heterocycles. The van der Waals surface area contributed by atoms with Crippen LogP contribution in [0.15, 0.2) is 18.3 Å². The first kappa shape index (κ1) is 11.7. The molecular formula is C14H18N2O2. The van der Waals surface area contributed by atoms with E-state index in [9.17, 15) is 9.90 Å². The van der Waals surface area contributed by atoms with Crippen molar-refractivity contribution in [3.05, 3.63) is 29.6 Å². The molecule has 3 rings (SSSR count). The lowest BCUT2D eigenvalue weighted by Gasteiger charge is -2.48. The highest BCUT2D eigenvalue weighted by Gasteiger charge is 2.41. The first-order valence-electron chi connectivity index (χ1n) is 6.62. The molecule has 0 radical (unpaired) electrons. The smallest absolute Gasteiger partial charge is 0.354 e. The molecule has 4 heteroatoms. The van der Waals surface area contributed by atoms with Crippen molar-refractivity contribution < 1.29 is 9.90 Å². The highest BCUT2D eigenvalue weighted by molar-refractivity contribution is 5.87. The number of hydrogen-bond acceptors (Lipinski definition) is 3. The number of carboxylic acid groups (broad SMARTS) is 1. The molecule has 0 aromatic carbocycles. The van der Waals surface area contributed by atoms with Gasteiger partial charge in [-0.2, -0.15) is 0 Å². The fraction of sp³-hybridized carbons (Fsp3) is 0.571. The van der Waals surface area contributed by atoms with Crippen molar-refractivity contribution in [1.82, 2.24) is 10.3 Å². The first-order valence-corrected chi connectivity index (χ1v) is 6.62. The van der Waals surface area contributed by atoms with Gasteiger partial charge < -0.3 is 10.4 Å². The monoisotopic (exact) mass is 246 g/mol. The van der Waals surface area contributed by atoms with Crippen LogP contribution in [0.3, 0.4) is 0 Å². The zero-order valence-corrected chi connectivity index (χ0v) is 10.4. The Kier molecular flexibility index (Phi) is 2.82. The van der Waals surface area contributed by atoms with Gasteiger partial charge in [0.2, 0.25) is 0 Å². The van der Waals surface area contributed by atoms with E-state index < -0.39 is 5.97 Å². The molecule has 1 aromatic rings. The molecule has 1 aliphatic carbocycles. The maximum atomic E-state index is 11.2. The van der Waals surface area contributed by atoms with Crippen molar-refractivity contribution in [2.24, 2.45) is 5.41 Å². The Balaban J connectivity index is 1.88. The van der Waals surface area contributed by atoms with E-state index in [-0.39, 0.29) is 11.7 Å². The summed E-state index contributed by atoms with van der Waals surface area (Å²) in [5.74, 6) is -0.930. The predicted molar refractivity (Wildman–Crippen MR) is 67.5 cm³/mol. The Morgan fingerprint density at radius 3 is 2.94 bits per heavy atom.